The number of hydrogen-bond acceptors (Lipinski definition) is 4. The summed E-state index contributed by atoms with van der Waals surface area (Å²) < 4.78 is 1.36. The van der Waals surface area contributed by atoms with Gasteiger partial charge in [0, 0.05) is 31.4 Å². The van der Waals surface area contributed by atoms with Crippen LogP contribution in [0.5, 0.6) is 0 Å². The minimum Gasteiger partial charge on any atom is -0.480 e. The molecule has 2 atom stereocenters. The maximum absolute atomic E-state index is 12.2. The van der Waals surface area contributed by atoms with Gasteiger partial charge in [0.25, 0.3) is 5.56 Å². The van der Waals surface area contributed by atoms with E-state index in [-0.39, 0.29) is 36.5 Å². The number of carbonyl (C=O) groups is 2. The summed E-state index contributed by atoms with van der Waals surface area (Å²) in [5.74, 6) is -0.833. The number of amides is 1. The first kappa shape index (κ1) is 17.2. The first-order valence-electron chi connectivity index (χ1n) is 7.88. The Kier molecular flexibility index (Phi) is 5.92. The van der Waals surface area contributed by atoms with Crippen molar-refractivity contribution in [2.45, 2.75) is 32.4 Å². The number of likely N-dealkylation sites (tertiary alicyclic amines) is 1. The van der Waals surface area contributed by atoms with Crippen molar-refractivity contribution in [2.75, 3.05) is 19.6 Å². The summed E-state index contributed by atoms with van der Waals surface area (Å²) in [4.78, 5) is 36.5. The van der Waals surface area contributed by atoms with Crippen LogP contribution in [-0.2, 0) is 16.1 Å². The van der Waals surface area contributed by atoms with Crippen LogP contribution in [0.25, 0.3) is 0 Å². The topological polar surface area (TPSA) is 91.6 Å². The zero-order valence-corrected chi connectivity index (χ0v) is 13.3. The number of carboxylic acids is 1. The van der Waals surface area contributed by atoms with E-state index < -0.39 is 5.97 Å². The minimum atomic E-state index is -0.858. The van der Waals surface area contributed by atoms with E-state index in [0.29, 0.717) is 13.1 Å². The number of nitrogens with zero attached hydrogens (tertiary/aromatic N) is 2. The summed E-state index contributed by atoms with van der Waals surface area (Å²) in [5.41, 5.74) is -0.216. The molecule has 7 heteroatoms. The lowest BCUT2D eigenvalue weighted by Crippen LogP contribution is -2.43. The molecule has 1 aliphatic heterocycles. The summed E-state index contributed by atoms with van der Waals surface area (Å²) in [7, 11) is 0. The Morgan fingerprint density at radius 2 is 2.09 bits per heavy atom. The maximum Gasteiger partial charge on any atom is 0.317 e. The van der Waals surface area contributed by atoms with Crippen molar-refractivity contribution >= 4 is 11.9 Å². The highest BCUT2D eigenvalue weighted by Gasteiger charge is 2.33. The second kappa shape index (κ2) is 7.92. The van der Waals surface area contributed by atoms with Gasteiger partial charge in [-0.15, -0.1) is 0 Å². The zero-order valence-electron chi connectivity index (χ0n) is 13.3. The molecule has 2 N–H and O–H groups in total. The predicted molar refractivity (Wildman–Crippen MR) is 85.1 cm³/mol. The molecule has 1 saturated heterocycles. The first-order chi connectivity index (χ1) is 11.0. The number of aliphatic carboxylic acids is 1. The number of carboxylic acid groups (broad SMARTS) is 1. The van der Waals surface area contributed by atoms with E-state index in [1.165, 1.54) is 10.6 Å². The molecule has 2 rings (SSSR count). The standard InChI is InChI=1S/C16H23N3O4/c1-2-5-12-8-18(11-16(22)23)9-13(12)17-14(20)10-19-7-4-3-6-15(19)21/h3-4,6-7,12-13H,2,5,8-11H2,1H3,(H,17,20)(H,22,23)/t12-,13-/m0/s1. The van der Waals surface area contributed by atoms with E-state index in [1.807, 2.05) is 4.90 Å². The maximum atomic E-state index is 12.2. The van der Waals surface area contributed by atoms with E-state index in [2.05, 4.69) is 12.2 Å². The molecule has 0 aliphatic carbocycles. The molecule has 0 aromatic carbocycles. The van der Waals surface area contributed by atoms with E-state index in [0.717, 1.165) is 12.8 Å². The second-order valence-electron chi connectivity index (χ2n) is 5.98. The van der Waals surface area contributed by atoms with Gasteiger partial charge in [0.15, 0.2) is 0 Å². The predicted octanol–water partition coefficient (Wildman–Crippen LogP) is 0.150. The fraction of sp³-hybridized carbons (Fsp3) is 0.562. The van der Waals surface area contributed by atoms with Crippen LogP contribution < -0.4 is 10.9 Å². The summed E-state index contributed by atoms with van der Waals surface area (Å²) in [6, 6.07) is 4.69. The summed E-state index contributed by atoms with van der Waals surface area (Å²) in [5, 5.41) is 11.9. The summed E-state index contributed by atoms with van der Waals surface area (Å²) in [6.45, 7) is 3.25. The monoisotopic (exact) mass is 321 g/mol. The lowest BCUT2D eigenvalue weighted by molar-refractivity contribution is -0.138. The van der Waals surface area contributed by atoms with Crippen molar-refractivity contribution in [1.82, 2.24) is 14.8 Å². The van der Waals surface area contributed by atoms with E-state index in [4.69, 9.17) is 5.11 Å². The Morgan fingerprint density at radius 3 is 2.74 bits per heavy atom. The van der Waals surface area contributed by atoms with Crippen LogP contribution in [0.4, 0.5) is 0 Å². The SMILES string of the molecule is CCC[C@H]1CN(CC(=O)O)C[C@@H]1NC(=O)Cn1ccccc1=O. The normalized spacial score (nSPS) is 21.3. The molecule has 1 fully saturated rings. The number of aromatic nitrogens is 1. The second-order valence-corrected chi connectivity index (χ2v) is 5.98. The Labute approximate surface area is 134 Å². The minimum absolute atomic E-state index is 0.00920. The summed E-state index contributed by atoms with van der Waals surface area (Å²) in [6.07, 6.45) is 3.50. The fourth-order valence-corrected chi connectivity index (χ4v) is 3.11. The van der Waals surface area contributed by atoms with Gasteiger partial charge in [-0.05, 0) is 18.4 Å². The van der Waals surface area contributed by atoms with E-state index in [1.54, 1.807) is 18.3 Å². The smallest absolute Gasteiger partial charge is 0.317 e. The molecule has 1 aromatic heterocycles. The van der Waals surface area contributed by atoms with Gasteiger partial charge < -0.3 is 15.0 Å². The number of nitrogens with one attached hydrogen (secondary N) is 1. The lowest BCUT2D eigenvalue weighted by Gasteiger charge is -2.19. The molecule has 1 amide bonds. The Hall–Kier alpha value is -2.15. The lowest BCUT2D eigenvalue weighted by atomic mass is 9.98. The molecule has 126 valence electrons. The molecule has 0 radical (unpaired) electrons. The van der Waals surface area contributed by atoms with Crippen LogP contribution >= 0.6 is 0 Å². The number of pyridine rings is 1. The third-order valence-corrected chi connectivity index (χ3v) is 4.09. The van der Waals surface area contributed by atoms with Gasteiger partial charge in [-0.25, -0.2) is 0 Å². The van der Waals surface area contributed by atoms with E-state index >= 15 is 0 Å². The Bertz CT molecular complexity index is 613. The van der Waals surface area contributed by atoms with Crippen LogP contribution in [-0.4, -0.2) is 52.1 Å². The molecule has 2 heterocycles. The highest BCUT2D eigenvalue weighted by atomic mass is 16.4. The van der Waals surface area contributed by atoms with Crippen LogP contribution in [0.3, 0.4) is 0 Å². The number of hydrogen-bond donors (Lipinski definition) is 2. The molecular weight excluding hydrogens is 298 g/mol. The van der Waals surface area contributed by atoms with Gasteiger partial charge in [0.05, 0.1) is 6.54 Å². The van der Waals surface area contributed by atoms with Gasteiger partial charge in [-0.1, -0.05) is 19.4 Å². The van der Waals surface area contributed by atoms with Gasteiger partial charge in [0.2, 0.25) is 5.91 Å². The Balaban J connectivity index is 1.96. The Morgan fingerprint density at radius 1 is 1.30 bits per heavy atom. The van der Waals surface area contributed by atoms with Gasteiger partial charge in [-0.2, -0.15) is 0 Å². The molecular formula is C16H23N3O4. The zero-order chi connectivity index (χ0) is 16.8. The molecule has 1 aromatic rings. The molecule has 0 unspecified atom stereocenters. The first-order valence-corrected chi connectivity index (χ1v) is 7.88. The molecule has 0 bridgehead atoms. The van der Waals surface area contributed by atoms with Crippen molar-refractivity contribution in [1.29, 1.82) is 0 Å². The van der Waals surface area contributed by atoms with Crippen LogP contribution in [0.2, 0.25) is 0 Å². The van der Waals surface area contributed by atoms with Crippen LogP contribution in [0, 0.1) is 5.92 Å². The van der Waals surface area contributed by atoms with Crippen molar-refractivity contribution in [3.63, 3.8) is 0 Å². The third-order valence-electron chi connectivity index (χ3n) is 4.09. The largest absolute Gasteiger partial charge is 0.480 e. The van der Waals surface area contributed by atoms with Gasteiger partial charge >= 0.3 is 5.97 Å². The third kappa shape index (κ3) is 4.92. The van der Waals surface area contributed by atoms with E-state index in [9.17, 15) is 14.4 Å². The van der Waals surface area contributed by atoms with Crippen molar-refractivity contribution < 1.29 is 14.7 Å². The molecule has 23 heavy (non-hydrogen) atoms. The quantitative estimate of drug-likeness (QED) is 0.746. The molecule has 1 aliphatic rings. The van der Waals surface area contributed by atoms with Crippen molar-refractivity contribution in [3.8, 4) is 0 Å². The highest BCUT2D eigenvalue weighted by molar-refractivity contribution is 5.76. The average molecular weight is 321 g/mol. The molecule has 0 saturated carbocycles. The average Bonchev–Trinajstić information content (AvgIpc) is 2.82. The fourth-order valence-electron chi connectivity index (χ4n) is 3.11. The highest BCUT2D eigenvalue weighted by Crippen LogP contribution is 2.21. The van der Waals surface area contributed by atoms with Crippen molar-refractivity contribution in [2.24, 2.45) is 5.92 Å². The van der Waals surface area contributed by atoms with Gasteiger partial charge in [0.1, 0.15) is 6.54 Å². The van der Waals surface area contributed by atoms with Gasteiger partial charge in [-0.3, -0.25) is 19.3 Å². The molecule has 0 spiro atoms. The number of carbonyl (C=O) groups excluding carboxylic acids is 1. The van der Waals surface area contributed by atoms with Crippen LogP contribution in [0.1, 0.15) is 19.8 Å². The summed E-state index contributed by atoms with van der Waals surface area (Å²) >= 11 is 0. The molecule has 7 nitrogen and oxygen atoms in total. The number of rotatable bonds is 7. The van der Waals surface area contributed by atoms with Crippen molar-refractivity contribution in [3.05, 3.63) is 34.7 Å². The van der Waals surface area contributed by atoms with Crippen LogP contribution in [0.15, 0.2) is 29.2 Å².